The average molecular weight is 408 g/mol. The monoisotopic (exact) mass is 408 g/mol. The van der Waals surface area contributed by atoms with Crippen molar-refractivity contribution in [1.29, 1.82) is 0 Å². The zero-order chi connectivity index (χ0) is 24.6. The highest BCUT2D eigenvalue weighted by atomic mass is 16.7. The number of aliphatic hydroxyl groups is 3. The van der Waals surface area contributed by atoms with E-state index in [0.717, 1.165) is 6.07 Å². The summed E-state index contributed by atoms with van der Waals surface area (Å²) in [6, 6.07) is 1.49. The van der Waals surface area contributed by atoms with Gasteiger partial charge in [-0.1, -0.05) is 24.2 Å². The van der Waals surface area contributed by atoms with Crippen LogP contribution in [0.4, 0.5) is 0 Å². The molecular formula is C20H20O9. The fraction of sp³-hybridized carbons (Fsp3) is 0.250. The van der Waals surface area contributed by atoms with Gasteiger partial charge < -0.3 is 40.1 Å². The predicted molar refractivity (Wildman–Crippen MR) is 100 cm³/mol. The zero-order valence-electron chi connectivity index (χ0n) is 18.7. The van der Waals surface area contributed by atoms with Crippen molar-refractivity contribution in [3.8, 4) is 17.2 Å². The van der Waals surface area contributed by atoms with Crippen LogP contribution in [-0.4, -0.2) is 67.3 Å². The second-order valence-electron chi connectivity index (χ2n) is 6.21. The van der Waals surface area contributed by atoms with Gasteiger partial charge in [0.1, 0.15) is 35.6 Å². The molecule has 1 heterocycles. The highest BCUT2D eigenvalue weighted by Crippen LogP contribution is 2.28. The Morgan fingerprint density at radius 2 is 1.59 bits per heavy atom. The Hall–Kier alpha value is -3.11. The smallest absolute Gasteiger partial charge is 0.335 e. The number of aliphatic hydroxyl groups excluding tert-OH is 3. The maximum atomic E-state index is 11.2. The topological polar surface area (TPSA) is 157 Å². The van der Waals surface area contributed by atoms with Crippen LogP contribution in [-0.2, 0) is 9.53 Å². The lowest BCUT2D eigenvalue weighted by Gasteiger charge is -2.38. The Labute approximate surface area is 170 Å². The number of ether oxygens (including phenoxy) is 2. The van der Waals surface area contributed by atoms with E-state index in [1.165, 1.54) is 24.3 Å². The minimum Gasteiger partial charge on any atom is -0.508 e. The second kappa shape index (κ2) is 8.50. The molecule has 1 saturated heterocycles. The molecule has 5 atom stereocenters. The number of phenolic OH excluding ortho intramolecular Hbond substituents is 2. The van der Waals surface area contributed by atoms with Crippen LogP contribution >= 0.6 is 0 Å². The van der Waals surface area contributed by atoms with E-state index < -0.39 is 66.6 Å². The normalized spacial score (nSPS) is 29.0. The van der Waals surface area contributed by atoms with Crippen molar-refractivity contribution in [2.45, 2.75) is 30.7 Å². The van der Waals surface area contributed by atoms with E-state index >= 15 is 0 Å². The Bertz CT molecular complexity index is 1080. The van der Waals surface area contributed by atoms with Crippen molar-refractivity contribution >= 4 is 18.1 Å². The fourth-order valence-electron chi connectivity index (χ4n) is 2.63. The Morgan fingerprint density at radius 1 is 0.931 bits per heavy atom. The Balaban J connectivity index is 1.89. The molecule has 0 bridgehead atoms. The first-order valence-corrected chi connectivity index (χ1v) is 8.33. The zero-order valence-corrected chi connectivity index (χ0v) is 14.7. The second-order valence-corrected chi connectivity index (χ2v) is 6.21. The molecule has 0 radical (unpaired) electrons. The molecule has 3 rings (SSSR count). The number of aromatic hydroxyl groups is 2. The molecule has 2 aromatic carbocycles. The summed E-state index contributed by atoms with van der Waals surface area (Å²) in [5.74, 6) is -2.81. The molecule has 0 saturated carbocycles. The first kappa shape index (κ1) is 15.8. The van der Waals surface area contributed by atoms with E-state index in [0.29, 0.717) is 0 Å². The Kier molecular flexibility index (Phi) is 4.62. The largest absolute Gasteiger partial charge is 0.508 e. The number of benzene rings is 2. The molecule has 0 aliphatic carbocycles. The van der Waals surface area contributed by atoms with Crippen LogP contribution in [0, 0.1) is 0 Å². The first-order chi connectivity index (χ1) is 15.4. The maximum Gasteiger partial charge on any atom is 0.335 e. The molecule has 9 nitrogen and oxygen atoms in total. The highest BCUT2D eigenvalue weighted by molar-refractivity contribution is 5.73. The number of carbonyl (C=O) groups is 1. The molecule has 9 heteroatoms. The van der Waals surface area contributed by atoms with E-state index in [2.05, 4.69) is 0 Å². The van der Waals surface area contributed by atoms with Crippen LogP contribution in [0.1, 0.15) is 16.6 Å². The van der Waals surface area contributed by atoms with Crippen LogP contribution in [0.25, 0.3) is 12.2 Å². The molecule has 1 unspecified atom stereocenters. The molecule has 0 spiro atoms. The van der Waals surface area contributed by atoms with Crippen LogP contribution < -0.4 is 4.74 Å². The molecule has 154 valence electrons. The van der Waals surface area contributed by atoms with Gasteiger partial charge in [0.05, 0.1) is 5.48 Å². The summed E-state index contributed by atoms with van der Waals surface area (Å²) in [6.45, 7) is 0. The Morgan fingerprint density at radius 3 is 2.24 bits per heavy atom. The van der Waals surface area contributed by atoms with Crippen LogP contribution in [0.3, 0.4) is 0 Å². The number of hydrogen-bond donors (Lipinski definition) is 6. The van der Waals surface area contributed by atoms with Gasteiger partial charge in [0.2, 0.25) is 6.29 Å². The number of rotatable bonds is 5. The molecule has 1 aliphatic rings. The summed E-state index contributed by atoms with van der Waals surface area (Å²) in [7, 11) is 0. The van der Waals surface area contributed by atoms with Gasteiger partial charge in [0, 0.05) is 6.07 Å². The van der Waals surface area contributed by atoms with E-state index in [1.807, 2.05) is 0 Å². The summed E-state index contributed by atoms with van der Waals surface area (Å²) in [5.41, 5.74) is 0.122. The van der Waals surface area contributed by atoms with Gasteiger partial charge in [-0.3, -0.25) is 0 Å². The minimum atomic E-state index is -1.90. The van der Waals surface area contributed by atoms with Crippen LogP contribution in [0.5, 0.6) is 17.2 Å². The number of carboxylic acids is 1. The summed E-state index contributed by atoms with van der Waals surface area (Å²) in [4.78, 5) is 11.2. The SMILES string of the molecule is [2H]c1c([2H])c(/C=C/c2cc(O)cc(OC3O[C@H](C(=O)O)[C@@H](O)[C@H](O)[C@H]3O)c2)c([2H])c([2H])c1O. The summed E-state index contributed by atoms with van der Waals surface area (Å²) in [6.07, 6.45) is -6.60. The van der Waals surface area contributed by atoms with Gasteiger partial charge in [0.25, 0.3) is 0 Å². The minimum absolute atomic E-state index is 0.114. The van der Waals surface area contributed by atoms with E-state index in [-0.39, 0.29) is 22.6 Å². The van der Waals surface area contributed by atoms with Gasteiger partial charge in [-0.2, -0.15) is 0 Å². The predicted octanol–water partition coefficient (Wildman–Crippen LogP) is 0.539. The molecule has 29 heavy (non-hydrogen) atoms. The van der Waals surface area contributed by atoms with Crippen molar-refractivity contribution in [3.63, 3.8) is 0 Å². The number of phenols is 2. The fourth-order valence-corrected chi connectivity index (χ4v) is 2.63. The average Bonchev–Trinajstić information content (AvgIpc) is 2.76. The summed E-state index contributed by atoms with van der Waals surface area (Å²) < 4.78 is 41.5. The molecule has 2 aromatic rings. The van der Waals surface area contributed by atoms with Gasteiger partial charge in [-0.15, -0.1) is 0 Å². The van der Waals surface area contributed by atoms with Crippen molar-refractivity contribution in [2.75, 3.05) is 0 Å². The maximum absolute atomic E-state index is 11.2. The molecule has 1 fully saturated rings. The lowest BCUT2D eigenvalue weighted by Crippen LogP contribution is -2.61. The van der Waals surface area contributed by atoms with Gasteiger partial charge in [0.15, 0.2) is 6.10 Å². The van der Waals surface area contributed by atoms with E-state index in [4.69, 9.17) is 20.1 Å². The van der Waals surface area contributed by atoms with Gasteiger partial charge in [-0.05, 0) is 35.3 Å². The summed E-state index contributed by atoms with van der Waals surface area (Å²) >= 11 is 0. The molecule has 0 amide bonds. The van der Waals surface area contributed by atoms with E-state index in [1.54, 1.807) is 0 Å². The van der Waals surface area contributed by atoms with E-state index in [9.17, 15) is 30.3 Å². The number of carboxylic acid groups (broad SMARTS) is 1. The molecule has 6 N–H and O–H groups in total. The third kappa shape index (κ3) is 4.84. The first-order valence-electron chi connectivity index (χ1n) is 10.3. The summed E-state index contributed by atoms with van der Waals surface area (Å²) in [5, 5.41) is 58.4. The van der Waals surface area contributed by atoms with Gasteiger partial charge >= 0.3 is 5.97 Å². The lowest BCUT2D eigenvalue weighted by molar-refractivity contribution is -0.271. The highest BCUT2D eigenvalue weighted by Gasteiger charge is 2.48. The lowest BCUT2D eigenvalue weighted by atomic mass is 9.99. The van der Waals surface area contributed by atoms with Crippen LogP contribution in [0.2, 0.25) is 0 Å². The third-order valence-corrected chi connectivity index (χ3v) is 4.05. The third-order valence-electron chi connectivity index (χ3n) is 4.05. The van der Waals surface area contributed by atoms with Crippen molar-refractivity contribution < 1.29 is 50.4 Å². The van der Waals surface area contributed by atoms with Crippen LogP contribution in [0.15, 0.2) is 42.4 Å². The van der Waals surface area contributed by atoms with Crippen molar-refractivity contribution in [3.05, 3.63) is 53.5 Å². The van der Waals surface area contributed by atoms with Gasteiger partial charge in [-0.25, -0.2) is 4.79 Å². The standard InChI is InChI=1S/C20H20O9/c21-12-5-3-10(4-6-12)1-2-11-7-13(22)9-14(8-11)28-20-17(25)15(23)16(24)18(29-20)19(26)27/h1-9,15-18,20-25H,(H,26,27)/b2-1+/t15-,16-,17+,18-,20?/m0/s1/i3D,4D,5D,6D. The number of hydrogen-bond acceptors (Lipinski definition) is 8. The number of aliphatic carboxylic acids is 1. The quantitative estimate of drug-likeness (QED) is 0.389. The van der Waals surface area contributed by atoms with Crippen molar-refractivity contribution in [2.24, 2.45) is 0 Å². The molecule has 0 aromatic heterocycles. The molecular weight excluding hydrogens is 384 g/mol. The molecule has 1 aliphatic heterocycles. The van der Waals surface area contributed by atoms with Crippen molar-refractivity contribution in [1.82, 2.24) is 0 Å².